The van der Waals surface area contributed by atoms with E-state index in [2.05, 4.69) is 22.0 Å². The standard InChI is InChI=1S/C23H17BrClNO2/c1-27-22-13-17(11-19(14-26)18-5-3-2-4-6-18)12-21(24)23(22)28-15-16-7-9-20(25)10-8-16/h2-13H,15H2,1H3. The number of methoxy groups -OCH3 is 1. The van der Waals surface area contributed by atoms with Gasteiger partial charge in [-0.1, -0.05) is 54.1 Å². The summed E-state index contributed by atoms with van der Waals surface area (Å²) in [6, 6.07) is 23.0. The number of allylic oxidation sites excluding steroid dienone is 1. The highest BCUT2D eigenvalue weighted by molar-refractivity contribution is 9.10. The molecule has 0 aliphatic carbocycles. The molecule has 28 heavy (non-hydrogen) atoms. The number of halogens is 2. The molecule has 3 aromatic carbocycles. The van der Waals surface area contributed by atoms with Crippen molar-refractivity contribution in [2.24, 2.45) is 0 Å². The van der Waals surface area contributed by atoms with Crippen molar-refractivity contribution in [3.8, 4) is 17.6 Å². The molecule has 0 spiro atoms. The minimum Gasteiger partial charge on any atom is -0.493 e. The molecule has 0 unspecified atom stereocenters. The summed E-state index contributed by atoms with van der Waals surface area (Å²) in [5, 5.41) is 10.2. The van der Waals surface area contributed by atoms with Crippen LogP contribution in [0.2, 0.25) is 5.02 Å². The topological polar surface area (TPSA) is 42.2 Å². The maximum atomic E-state index is 9.53. The van der Waals surface area contributed by atoms with Gasteiger partial charge < -0.3 is 9.47 Å². The van der Waals surface area contributed by atoms with Gasteiger partial charge in [0.1, 0.15) is 6.61 Å². The van der Waals surface area contributed by atoms with E-state index >= 15 is 0 Å². The SMILES string of the molecule is COc1cc(C=C(C#N)c2ccccc2)cc(Br)c1OCc1ccc(Cl)cc1. The van der Waals surface area contributed by atoms with Crippen molar-refractivity contribution in [1.29, 1.82) is 5.26 Å². The second-order valence-electron chi connectivity index (χ2n) is 5.99. The number of benzene rings is 3. The van der Waals surface area contributed by atoms with E-state index in [1.165, 1.54) is 0 Å². The highest BCUT2D eigenvalue weighted by atomic mass is 79.9. The van der Waals surface area contributed by atoms with Crippen molar-refractivity contribution in [3.05, 3.63) is 92.9 Å². The average molecular weight is 455 g/mol. The summed E-state index contributed by atoms with van der Waals surface area (Å²) in [5.41, 5.74) is 3.27. The molecule has 0 fully saturated rings. The summed E-state index contributed by atoms with van der Waals surface area (Å²) in [4.78, 5) is 0. The molecule has 0 saturated heterocycles. The van der Waals surface area contributed by atoms with Crippen molar-refractivity contribution < 1.29 is 9.47 Å². The van der Waals surface area contributed by atoms with Crippen molar-refractivity contribution in [2.75, 3.05) is 7.11 Å². The fourth-order valence-corrected chi connectivity index (χ4v) is 3.36. The number of ether oxygens (including phenoxy) is 2. The third kappa shape index (κ3) is 4.95. The van der Waals surface area contributed by atoms with Crippen LogP contribution in [0.15, 0.2) is 71.2 Å². The minimum absolute atomic E-state index is 0.384. The van der Waals surface area contributed by atoms with Crippen LogP contribution in [0.4, 0.5) is 0 Å². The van der Waals surface area contributed by atoms with Crippen LogP contribution in [0.5, 0.6) is 11.5 Å². The Bertz CT molecular complexity index is 1020. The second-order valence-corrected chi connectivity index (χ2v) is 7.28. The van der Waals surface area contributed by atoms with Gasteiger partial charge in [0.05, 0.1) is 23.2 Å². The largest absolute Gasteiger partial charge is 0.493 e. The summed E-state index contributed by atoms with van der Waals surface area (Å²) in [6.07, 6.45) is 1.82. The van der Waals surface area contributed by atoms with E-state index in [9.17, 15) is 5.26 Å². The Morgan fingerprint density at radius 3 is 2.46 bits per heavy atom. The normalized spacial score (nSPS) is 11.0. The number of rotatable bonds is 6. The van der Waals surface area contributed by atoms with Crippen LogP contribution in [0.3, 0.4) is 0 Å². The van der Waals surface area contributed by atoms with Gasteiger partial charge in [0.2, 0.25) is 0 Å². The maximum Gasteiger partial charge on any atom is 0.175 e. The third-order valence-electron chi connectivity index (χ3n) is 4.06. The van der Waals surface area contributed by atoms with Crippen LogP contribution >= 0.6 is 27.5 Å². The molecular weight excluding hydrogens is 438 g/mol. The molecule has 0 saturated carbocycles. The van der Waals surface area contributed by atoms with E-state index in [4.69, 9.17) is 21.1 Å². The Labute approximate surface area is 177 Å². The fourth-order valence-electron chi connectivity index (χ4n) is 2.66. The van der Waals surface area contributed by atoms with Crippen LogP contribution in [0.25, 0.3) is 11.6 Å². The molecular formula is C23H17BrClNO2. The lowest BCUT2D eigenvalue weighted by atomic mass is 10.0. The van der Waals surface area contributed by atoms with Crippen LogP contribution in [-0.2, 0) is 6.61 Å². The minimum atomic E-state index is 0.384. The molecule has 3 rings (SSSR count). The molecule has 0 aromatic heterocycles. The molecule has 0 N–H and O–H groups in total. The van der Waals surface area contributed by atoms with Crippen LogP contribution in [0.1, 0.15) is 16.7 Å². The molecule has 140 valence electrons. The Hall–Kier alpha value is -2.74. The van der Waals surface area contributed by atoms with Gasteiger partial charge in [0.15, 0.2) is 11.5 Å². The summed E-state index contributed by atoms with van der Waals surface area (Å²) >= 11 is 9.47. The zero-order valence-corrected chi connectivity index (χ0v) is 17.5. The first-order valence-corrected chi connectivity index (χ1v) is 9.70. The number of nitriles is 1. The molecule has 0 amide bonds. The van der Waals surface area contributed by atoms with Gasteiger partial charge in [-0.15, -0.1) is 0 Å². The van der Waals surface area contributed by atoms with E-state index in [0.29, 0.717) is 28.7 Å². The first-order valence-electron chi connectivity index (χ1n) is 8.52. The third-order valence-corrected chi connectivity index (χ3v) is 4.91. The summed E-state index contributed by atoms with van der Waals surface area (Å²) in [5.74, 6) is 1.19. The van der Waals surface area contributed by atoms with Gasteiger partial charge in [-0.25, -0.2) is 0 Å². The summed E-state index contributed by atoms with van der Waals surface area (Å²) in [7, 11) is 1.59. The molecule has 3 aromatic rings. The van der Waals surface area contributed by atoms with E-state index in [0.717, 1.165) is 21.2 Å². The maximum absolute atomic E-state index is 9.53. The quantitative estimate of drug-likeness (QED) is 0.305. The Morgan fingerprint density at radius 1 is 1.11 bits per heavy atom. The lowest BCUT2D eigenvalue weighted by Gasteiger charge is -2.14. The fraction of sp³-hybridized carbons (Fsp3) is 0.0870. The van der Waals surface area contributed by atoms with Gasteiger partial charge in [0.25, 0.3) is 0 Å². The van der Waals surface area contributed by atoms with Crippen molar-refractivity contribution in [1.82, 2.24) is 0 Å². The van der Waals surface area contributed by atoms with Gasteiger partial charge in [-0.3, -0.25) is 0 Å². The summed E-state index contributed by atoms with van der Waals surface area (Å²) in [6.45, 7) is 0.384. The first kappa shape index (κ1) is 20.0. The highest BCUT2D eigenvalue weighted by Crippen LogP contribution is 2.38. The lowest BCUT2D eigenvalue weighted by molar-refractivity contribution is 0.282. The Morgan fingerprint density at radius 2 is 1.82 bits per heavy atom. The van der Waals surface area contributed by atoms with Gasteiger partial charge in [0, 0.05) is 5.02 Å². The van der Waals surface area contributed by atoms with E-state index in [-0.39, 0.29) is 0 Å². The van der Waals surface area contributed by atoms with Gasteiger partial charge >= 0.3 is 0 Å². The van der Waals surface area contributed by atoms with Gasteiger partial charge in [-0.05, 0) is 63.0 Å². The predicted octanol–water partition coefficient (Wildman–Crippen LogP) is 6.75. The van der Waals surface area contributed by atoms with Crippen LogP contribution in [-0.4, -0.2) is 7.11 Å². The molecule has 0 aliphatic rings. The van der Waals surface area contributed by atoms with Crippen LogP contribution in [0, 0.1) is 11.3 Å². The van der Waals surface area contributed by atoms with E-state index in [1.807, 2.05) is 72.8 Å². The molecule has 5 heteroatoms. The first-order chi connectivity index (χ1) is 13.6. The highest BCUT2D eigenvalue weighted by Gasteiger charge is 2.12. The molecule has 0 heterocycles. The zero-order chi connectivity index (χ0) is 19.9. The summed E-state index contributed by atoms with van der Waals surface area (Å²) < 4.78 is 12.2. The Kier molecular flexibility index (Phi) is 6.76. The molecule has 0 atom stereocenters. The number of hydrogen-bond donors (Lipinski definition) is 0. The Balaban J connectivity index is 1.88. The number of nitrogens with zero attached hydrogens (tertiary/aromatic N) is 1. The second kappa shape index (κ2) is 9.45. The average Bonchev–Trinajstić information content (AvgIpc) is 2.72. The lowest BCUT2D eigenvalue weighted by Crippen LogP contribution is -1.99. The smallest absolute Gasteiger partial charge is 0.175 e. The van der Waals surface area contributed by atoms with Crippen LogP contribution < -0.4 is 9.47 Å². The monoisotopic (exact) mass is 453 g/mol. The van der Waals surface area contributed by atoms with E-state index in [1.54, 1.807) is 7.11 Å². The molecule has 0 bridgehead atoms. The van der Waals surface area contributed by atoms with Crippen molar-refractivity contribution in [3.63, 3.8) is 0 Å². The predicted molar refractivity (Wildman–Crippen MR) is 116 cm³/mol. The molecule has 3 nitrogen and oxygen atoms in total. The van der Waals surface area contributed by atoms with E-state index < -0.39 is 0 Å². The molecule has 0 radical (unpaired) electrons. The van der Waals surface area contributed by atoms with Crippen molar-refractivity contribution in [2.45, 2.75) is 6.61 Å². The zero-order valence-electron chi connectivity index (χ0n) is 15.2. The van der Waals surface area contributed by atoms with Gasteiger partial charge in [-0.2, -0.15) is 5.26 Å². The number of hydrogen-bond acceptors (Lipinski definition) is 3. The van der Waals surface area contributed by atoms with Crippen molar-refractivity contribution >= 4 is 39.2 Å². The molecule has 0 aliphatic heterocycles.